The fraction of sp³-hybridized carbons (Fsp3) is 0.238. The van der Waals surface area contributed by atoms with E-state index in [1.54, 1.807) is 16.7 Å². The monoisotopic (exact) mass is 383 g/mol. The Morgan fingerprint density at radius 3 is 2.26 bits per heavy atom. The first kappa shape index (κ1) is 19.1. The number of halogens is 1. The molecule has 0 bridgehead atoms. The van der Waals surface area contributed by atoms with E-state index in [4.69, 9.17) is 0 Å². The van der Waals surface area contributed by atoms with Gasteiger partial charge in [0.1, 0.15) is 5.82 Å². The number of para-hydroxylation sites is 1. The summed E-state index contributed by atoms with van der Waals surface area (Å²) in [5.74, 6) is 0.683. The normalized spacial score (nSPS) is 14.7. The molecule has 1 aliphatic rings. The predicted octanol–water partition coefficient (Wildman–Crippen LogP) is 2.78. The summed E-state index contributed by atoms with van der Waals surface area (Å²) in [5, 5.41) is 0.575. The minimum atomic E-state index is -0.0413. The molecule has 2 aromatic carbocycles. The van der Waals surface area contributed by atoms with E-state index in [0.717, 1.165) is 39.1 Å². The van der Waals surface area contributed by atoms with Crippen LogP contribution in [-0.2, 0) is 11.3 Å². The molecule has 27 heavy (non-hydrogen) atoms. The summed E-state index contributed by atoms with van der Waals surface area (Å²) in [6, 6.07) is 19.3. The van der Waals surface area contributed by atoms with Gasteiger partial charge in [0.25, 0.3) is 0 Å². The standard InChI is InChI=1S/C21H21N3O2.ClH/c25-16-24-19-9-5-4-8-18(19)20(26)14-21(24)23-12-10-22(11-13-23)15-17-6-2-1-3-7-17;/h1-9,14,16H,10-13,15H2;1H. The average Bonchev–Trinajstić information content (AvgIpc) is 2.69. The zero-order chi connectivity index (χ0) is 17.9. The molecule has 5 nitrogen and oxygen atoms in total. The Kier molecular flexibility index (Phi) is 5.94. The molecule has 6 heteroatoms. The average molecular weight is 384 g/mol. The first-order chi connectivity index (χ1) is 12.8. The maximum absolute atomic E-state index is 12.4. The molecule has 140 valence electrons. The number of aromatic nitrogens is 1. The molecule has 0 radical (unpaired) electrons. The molecule has 1 aliphatic heterocycles. The van der Waals surface area contributed by atoms with Crippen LogP contribution in [0.25, 0.3) is 10.9 Å². The van der Waals surface area contributed by atoms with Crippen molar-refractivity contribution in [3.8, 4) is 0 Å². The van der Waals surface area contributed by atoms with Crippen LogP contribution in [-0.4, -0.2) is 42.1 Å². The quantitative estimate of drug-likeness (QED) is 0.650. The lowest BCUT2D eigenvalue weighted by Gasteiger charge is -2.36. The van der Waals surface area contributed by atoms with Crippen molar-refractivity contribution in [1.82, 2.24) is 9.47 Å². The van der Waals surface area contributed by atoms with E-state index in [2.05, 4.69) is 34.1 Å². The predicted molar refractivity (Wildman–Crippen MR) is 112 cm³/mol. The summed E-state index contributed by atoms with van der Waals surface area (Å²) in [7, 11) is 0. The van der Waals surface area contributed by atoms with Crippen LogP contribution in [0.15, 0.2) is 65.5 Å². The third kappa shape index (κ3) is 3.89. The van der Waals surface area contributed by atoms with Crippen LogP contribution < -0.4 is 10.3 Å². The van der Waals surface area contributed by atoms with Crippen molar-refractivity contribution in [2.24, 2.45) is 0 Å². The Morgan fingerprint density at radius 1 is 0.889 bits per heavy atom. The summed E-state index contributed by atoms with van der Waals surface area (Å²) >= 11 is 0. The van der Waals surface area contributed by atoms with Crippen LogP contribution >= 0.6 is 12.4 Å². The number of rotatable bonds is 4. The number of benzene rings is 2. The maximum Gasteiger partial charge on any atom is 0.219 e. The van der Waals surface area contributed by atoms with Gasteiger partial charge in [-0.25, -0.2) is 0 Å². The number of nitrogens with zero attached hydrogens (tertiary/aromatic N) is 3. The van der Waals surface area contributed by atoms with E-state index in [1.165, 1.54) is 5.56 Å². The van der Waals surface area contributed by atoms with Crippen molar-refractivity contribution in [3.63, 3.8) is 0 Å². The molecule has 0 aliphatic carbocycles. The zero-order valence-corrected chi connectivity index (χ0v) is 15.8. The molecule has 0 saturated carbocycles. The molecule has 1 saturated heterocycles. The van der Waals surface area contributed by atoms with Crippen LogP contribution in [0.4, 0.5) is 5.82 Å². The lowest BCUT2D eigenvalue weighted by Crippen LogP contribution is -2.47. The van der Waals surface area contributed by atoms with Gasteiger partial charge in [0, 0.05) is 44.2 Å². The fourth-order valence-corrected chi connectivity index (χ4v) is 3.61. The van der Waals surface area contributed by atoms with Crippen molar-refractivity contribution in [2.45, 2.75) is 6.54 Å². The van der Waals surface area contributed by atoms with Crippen LogP contribution in [0, 0.1) is 0 Å². The molecule has 0 N–H and O–H groups in total. The van der Waals surface area contributed by atoms with Gasteiger partial charge < -0.3 is 4.90 Å². The number of carbonyl (C=O) groups is 1. The van der Waals surface area contributed by atoms with Gasteiger partial charge in [-0.2, -0.15) is 0 Å². The highest BCUT2D eigenvalue weighted by molar-refractivity contribution is 5.87. The smallest absolute Gasteiger partial charge is 0.219 e. The molecular weight excluding hydrogens is 362 g/mol. The largest absolute Gasteiger partial charge is 0.355 e. The number of hydrogen-bond donors (Lipinski definition) is 0. The second kappa shape index (κ2) is 8.37. The van der Waals surface area contributed by atoms with Gasteiger partial charge in [-0.3, -0.25) is 19.1 Å². The lowest BCUT2D eigenvalue weighted by molar-refractivity contribution is 0.249. The topological polar surface area (TPSA) is 45.6 Å². The molecule has 2 heterocycles. The van der Waals surface area contributed by atoms with Crippen LogP contribution in [0.5, 0.6) is 0 Å². The summed E-state index contributed by atoms with van der Waals surface area (Å²) < 4.78 is 1.59. The van der Waals surface area contributed by atoms with E-state index >= 15 is 0 Å². The molecule has 3 aromatic rings. The molecule has 0 atom stereocenters. The van der Waals surface area contributed by atoms with Crippen LogP contribution in [0.1, 0.15) is 5.56 Å². The first-order valence-electron chi connectivity index (χ1n) is 8.87. The Morgan fingerprint density at radius 2 is 1.56 bits per heavy atom. The minimum Gasteiger partial charge on any atom is -0.355 e. The minimum absolute atomic E-state index is 0. The van der Waals surface area contributed by atoms with Gasteiger partial charge in [0.2, 0.25) is 6.41 Å². The van der Waals surface area contributed by atoms with Gasteiger partial charge >= 0.3 is 0 Å². The number of carbonyl (C=O) groups excluding carboxylic acids is 1. The molecule has 0 spiro atoms. The fourth-order valence-electron chi connectivity index (χ4n) is 3.61. The molecule has 0 unspecified atom stereocenters. The van der Waals surface area contributed by atoms with E-state index in [1.807, 2.05) is 24.3 Å². The third-order valence-corrected chi connectivity index (χ3v) is 4.99. The molecule has 4 rings (SSSR count). The maximum atomic E-state index is 12.4. The zero-order valence-electron chi connectivity index (χ0n) is 15.0. The number of pyridine rings is 1. The number of fused-ring (bicyclic) bond motifs is 1. The third-order valence-electron chi connectivity index (χ3n) is 4.99. The summed E-state index contributed by atoms with van der Waals surface area (Å²) in [6.07, 6.45) is 0.799. The van der Waals surface area contributed by atoms with E-state index in [9.17, 15) is 9.59 Å². The highest BCUT2D eigenvalue weighted by Gasteiger charge is 2.20. The first-order valence-corrected chi connectivity index (χ1v) is 8.87. The highest BCUT2D eigenvalue weighted by atomic mass is 35.5. The summed E-state index contributed by atoms with van der Waals surface area (Å²) in [4.78, 5) is 28.7. The van der Waals surface area contributed by atoms with E-state index < -0.39 is 0 Å². The highest BCUT2D eigenvalue weighted by Crippen LogP contribution is 2.20. The molecular formula is C21H22ClN3O2. The van der Waals surface area contributed by atoms with Crippen molar-refractivity contribution < 1.29 is 4.79 Å². The van der Waals surface area contributed by atoms with E-state index in [0.29, 0.717) is 16.7 Å². The van der Waals surface area contributed by atoms with Crippen LogP contribution in [0.2, 0.25) is 0 Å². The van der Waals surface area contributed by atoms with Gasteiger partial charge in [0.15, 0.2) is 5.43 Å². The Bertz CT molecular complexity index is 980. The summed E-state index contributed by atoms with van der Waals surface area (Å²) in [5.41, 5.74) is 1.92. The summed E-state index contributed by atoms with van der Waals surface area (Å²) in [6.45, 7) is 4.30. The molecule has 1 aromatic heterocycles. The Labute approximate surface area is 164 Å². The number of anilines is 1. The SMILES string of the molecule is Cl.O=Cn1c(N2CCN(Cc3ccccc3)CC2)cc(=O)c2ccccc21. The van der Waals surface area contributed by atoms with Gasteiger partial charge in [-0.1, -0.05) is 42.5 Å². The van der Waals surface area contributed by atoms with Gasteiger partial charge in [-0.15, -0.1) is 12.4 Å². The number of hydrogen-bond acceptors (Lipinski definition) is 4. The second-order valence-corrected chi connectivity index (χ2v) is 6.61. The van der Waals surface area contributed by atoms with Crippen molar-refractivity contribution >= 4 is 35.5 Å². The Balaban J connectivity index is 0.00000210. The lowest BCUT2D eigenvalue weighted by atomic mass is 10.2. The number of piperazine rings is 1. The van der Waals surface area contributed by atoms with Gasteiger partial charge in [0.05, 0.1) is 5.52 Å². The second-order valence-electron chi connectivity index (χ2n) is 6.61. The van der Waals surface area contributed by atoms with Gasteiger partial charge in [-0.05, 0) is 17.7 Å². The van der Waals surface area contributed by atoms with Crippen molar-refractivity contribution in [2.75, 3.05) is 31.1 Å². The molecule has 1 fully saturated rings. The molecule has 0 amide bonds. The van der Waals surface area contributed by atoms with Crippen molar-refractivity contribution in [1.29, 1.82) is 0 Å². The van der Waals surface area contributed by atoms with Crippen LogP contribution in [0.3, 0.4) is 0 Å². The van der Waals surface area contributed by atoms with E-state index in [-0.39, 0.29) is 17.8 Å². The van der Waals surface area contributed by atoms with Crippen molar-refractivity contribution in [3.05, 3.63) is 76.5 Å². The Hall–Kier alpha value is -2.63.